The minimum Gasteiger partial charge on any atom is -0.339 e. The average molecular weight is 294 g/mol. The number of aromatic nitrogens is 1. The lowest BCUT2D eigenvalue weighted by molar-refractivity contribution is 0.590. The Kier molecular flexibility index (Phi) is 3.07. The summed E-state index contributed by atoms with van der Waals surface area (Å²) in [5.74, 6) is 6.36. The number of hydrogen-bond acceptors (Lipinski definition) is 1. The van der Waals surface area contributed by atoms with Gasteiger partial charge in [0.25, 0.3) is 0 Å². The maximum Gasteiger partial charge on any atom is 0.0706 e. The fraction of sp³-hybridized carbons (Fsp3) is 0.400. The summed E-state index contributed by atoms with van der Waals surface area (Å²) >= 11 is 0. The number of nitrogens with two attached hydrogens (primary N) is 1. The second-order valence-electron chi connectivity index (χ2n) is 8.33. The van der Waals surface area contributed by atoms with Crippen molar-refractivity contribution >= 4 is 21.8 Å². The zero-order valence-electron chi connectivity index (χ0n) is 14.5. The summed E-state index contributed by atoms with van der Waals surface area (Å²) in [6, 6.07) is 13.3. The van der Waals surface area contributed by atoms with Crippen molar-refractivity contribution in [1.29, 1.82) is 0 Å². The van der Waals surface area contributed by atoms with Gasteiger partial charge >= 0.3 is 0 Å². The lowest BCUT2D eigenvalue weighted by Crippen LogP contribution is -2.12. The molecule has 0 radical (unpaired) electrons. The summed E-state index contributed by atoms with van der Waals surface area (Å²) in [6.45, 7) is 13.4. The molecular formula is C20H26N2. The Hall–Kier alpha value is -1.96. The Morgan fingerprint density at radius 3 is 1.82 bits per heavy atom. The monoisotopic (exact) mass is 294 g/mol. The number of fused-ring (bicyclic) bond motifs is 3. The van der Waals surface area contributed by atoms with Gasteiger partial charge in [-0.15, -0.1) is 0 Å². The highest BCUT2D eigenvalue weighted by Crippen LogP contribution is 2.34. The summed E-state index contributed by atoms with van der Waals surface area (Å²) in [7, 11) is 0. The van der Waals surface area contributed by atoms with Crippen molar-refractivity contribution in [3.8, 4) is 0 Å². The van der Waals surface area contributed by atoms with Gasteiger partial charge in [0, 0.05) is 10.8 Å². The number of nitrogen functional groups attached to an aromatic ring is 1. The fourth-order valence-corrected chi connectivity index (χ4v) is 2.98. The van der Waals surface area contributed by atoms with E-state index in [2.05, 4.69) is 77.9 Å². The van der Waals surface area contributed by atoms with Crippen molar-refractivity contribution in [1.82, 2.24) is 4.68 Å². The van der Waals surface area contributed by atoms with E-state index in [0.29, 0.717) is 0 Å². The topological polar surface area (TPSA) is 30.9 Å². The first kappa shape index (κ1) is 15.0. The molecule has 0 atom stereocenters. The van der Waals surface area contributed by atoms with Gasteiger partial charge in [-0.1, -0.05) is 59.7 Å². The van der Waals surface area contributed by atoms with Crippen molar-refractivity contribution in [2.75, 3.05) is 5.84 Å². The molecule has 0 aliphatic rings. The molecule has 3 aromatic rings. The molecule has 0 unspecified atom stereocenters. The molecule has 0 amide bonds. The van der Waals surface area contributed by atoms with E-state index in [1.807, 2.05) is 4.68 Å². The van der Waals surface area contributed by atoms with Gasteiger partial charge in [-0.05, 0) is 40.2 Å². The van der Waals surface area contributed by atoms with E-state index in [1.54, 1.807) is 0 Å². The molecule has 2 nitrogen and oxygen atoms in total. The van der Waals surface area contributed by atoms with Gasteiger partial charge in [-0.3, -0.25) is 4.68 Å². The molecule has 2 aromatic carbocycles. The van der Waals surface area contributed by atoms with Crippen LogP contribution in [-0.2, 0) is 10.8 Å². The van der Waals surface area contributed by atoms with Crippen LogP contribution in [0.25, 0.3) is 21.8 Å². The minimum atomic E-state index is 0.126. The molecule has 1 heterocycles. The quantitative estimate of drug-likeness (QED) is 0.574. The fourth-order valence-electron chi connectivity index (χ4n) is 2.98. The Morgan fingerprint density at radius 2 is 1.23 bits per heavy atom. The predicted octanol–water partition coefficient (Wildman–Crippen LogP) is 5.10. The van der Waals surface area contributed by atoms with Crippen LogP contribution >= 0.6 is 0 Å². The molecule has 0 fully saturated rings. The van der Waals surface area contributed by atoms with Gasteiger partial charge in [0.05, 0.1) is 11.0 Å². The smallest absolute Gasteiger partial charge is 0.0706 e. The zero-order valence-corrected chi connectivity index (χ0v) is 14.5. The van der Waals surface area contributed by atoms with Crippen molar-refractivity contribution in [2.24, 2.45) is 0 Å². The Bertz CT molecular complexity index is 855. The van der Waals surface area contributed by atoms with Crippen molar-refractivity contribution in [3.05, 3.63) is 47.5 Å². The molecule has 116 valence electrons. The highest BCUT2D eigenvalue weighted by molar-refractivity contribution is 6.08. The molecule has 2 heteroatoms. The van der Waals surface area contributed by atoms with Crippen LogP contribution in [0.2, 0.25) is 0 Å². The van der Waals surface area contributed by atoms with Crippen LogP contribution in [0.3, 0.4) is 0 Å². The van der Waals surface area contributed by atoms with Crippen LogP contribution < -0.4 is 5.84 Å². The summed E-state index contributed by atoms with van der Waals surface area (Å²) in [5.41, 5.74) is 5.12. The molecule has 0 saturated heterocycles. The second-order valence-corrected chi connectivity index (χ2v) is 8.33. The first-order valence-corrected chi connectivity index (χ1v) is 7.93. The van der Waals surface area contributed by atoms with Crippen LogP contribution in [0.15, 0.2) is 36.4 Å². The Labute approximate surface area is 132 Å². The molecule has 1 aromatic heterocycles. The van der Waals surface area contributed by atoms with E-state index in [-0.39, 0.29) is 10.8 Å². The van der Waals surface area contributed by atoms with Crippen LogP contribution in [0.4, 0.5) is 0 Å². The van der Waals surface area contributed by atoms with Crippen LogP contribution in [0, 0.1) is 0 Å². The van der Waals surface area contributed by atoms with Crippen molar-refractivity contribution < 1.29 is 0 Å². The van der Waals surface area contributed by atoms with Gasteiger partial charge in [0.15, 0.2) is 0 Å². The molecule has 0 aliphatic carbocycles. The molecule has 3 rings (SSSR count). The average Bonchev–Trinajstić information content (AvgIpc) is 2.70. The number of nitrogens with zero attached hydrogens (tertiary/aromatic N) is 1. The Morgan fingerprint density at radius 1 is 0.682 bits per heavy atom. The van der Waals surface area contributed by atoms with Crippen LogP contribution in [0.1, 0.15) is 52.7 Å². The minimum absolute atomic E-state index is 0.126. The number of hydrogen-bond donors (Lipinski definition) is 1. The summed E-state index contributed by atoms with van der Waals surface area (Å²) < 4.78 is 1.83. The van der Waals surface area contributed by atoms with Crippen LogP contribution in [0.5, 0.6) is 0 Å². The molecule has 22 heavy (non-hydrogen) atoms. The van der Waals surface area contributed by atoms with Gasteiger partial charge in [-0.2, -0.15) is 0 Å². The molecule has 2 N–H and O–H groups in total. The van der Waals surface area contributed by atoms with E-state index in [4.69, 9.17) is 5.84 Å². The van der Waals surface area contributed by atoms with Crippen molar-refractivity contribution in [3.63, 3.8) is 0 Å². The Balaban J connectivity index is 2.34. The molecule has 0 spiro atoms. The van der Waals surface area contributed by atoms with Gasteiger partial charge in [-0.25, -0.2) is 0 Å². The van der Waals surface area contributed by atoms with Gasteiger partial charge in [0.1, 0.15) is 0 Å². The van der Waals surface area contributed by atoms with E-state index in [0.717, 1.165) is 11.0 Å². The summed E-state index contributed by atoms with van der Waals surface area (Å²) in [6.07, 6.45) is 0. The highest BCUT2D eigenvalue weighted by atomic mass is 15.3. The molecule has 0 saturated carbocycles. The normalized spacial score (nSPS) is 13.2. The maximum absolute atomic E-state index is 6.36. The lowest BCUT2D eigenvalue weighted by Gasteiger charge is -2.19. The van der Waals surface area contributed by atoms with E-state index >= 15 is 0 Å². The van der Waals surface area contributed by atoms with Gasteiger partial charge in [0.2, 0.25) is 0 Å². The molecule has 0 bridgehead atoms. The third kappa shape index (κ3) is 2.27. The lowest BCUT2D eigenvalue weighted by atomic mass is 9.85. The van der Waals surface area contributed by atoms with Crippen molar-refractivity contribution in [2.45, 2.75) is 52.4 Å². The standard InChI is InChI=1S/C20H26N2/c1-19(2,3)13-8-10-17-16(11-13)15-9-7-14(20(4,5)6)12-18(15)22(17)21/h7-12H,21H2,1-6H3. The summed E-state index contributed by atoms with van der Waals surface area (Å²) in [4.78, 5) is 0. The zero-order chi connectivity index (χ0) is 16.3. The second kappa shape index (κ2) is 4.52. The third-order valence-electron chi connectivity index (χ3n) is 4.54. The first-order chi connectivity index (χ1) is 10.1. The number of benzene rings is 2. The predicted molar refractivity (Wildman–Crippen MR) is 97.0 cm³/mol. The SMILES string of the molecule is CC(C)(C)c1ccc2c(c1)c1ccc(C(C)(C)C)cc1n2N. The molecular weight excluding hydrogens is 268 g/mol. The van der Waals surface area contributed by atoms with E-state index < -0.39 is 0 Å². The largest absolute Gasteiger partial charge is 0.339 e. The van der Waals surface area contributed by atoms with E-state index in [9.17, 15) is 0 Å². The maximum atomic E-state index is 6.36. The van der Waals surface area contributed by atoms with Crippen LogP contribution in [-0.4, -0.2) is 4.68 Å². The highest BCUT2D eigenvalue weighted by Gasteiger charge is 2.19. The molecule has 0 aliphatic heterocycles. The third-order valence-corrected chi connectivity index (χ3v) is 4.54. The first-order valence-electron chi connectivity index (χ1n) is 7.93. The van der Waals surface area contributed by atoms with Gasteiger partial charge < -0.3 is 5.84 Å². The van der Waals surface area contributed by atoms with E-state index in [1.165, 1.54) is 21.9 Å². The summed E-state index contributed by atoms with van der Waals surface area (Å²) in [5, 5.41) is 2.47. The number of rotatable bonds is 0.